The highest BCUT2D eigenvalue weighted by atomic mass is 32.1. The van der Waals surface area contributed by atoms with Crippen molar-refractivity contribution in [3.8, 4) is 11.3 Å². The van der Waals surface area contributed by atoms with Crippen LogP contribution in [0.2, 0.25) is 0 Å². The van der Waals surface area contributed by atoms with Crippen LogP contribution in [-0.4, -0.2) is 4.98 Å². The van der Waals surface area contributed by atoms with E-state index in [4.69, 9.17) is 4.98 Å². The maximum absolute atomic E-state index is 4.83. The third kappa shape index (κ3) is 3.37. The highest BCUT2D eigenvalue weighted by Crippen LogP contribution is 2.33. The van der Waals surface area contributed by atoms with E-state index in [1.54, 1.807) is 11.3 Å². The van der Waals surface area contributed by atoms with E-state index in [1.165, 1.54) is 16.0 Å². The third-order valence-corrected chi connectivity index (χ3v) is 4.52. The Morgan fingerprint density at radius 1 is 1.05 bits per heavy atom. The zero-order valence-electron chi connectivity index (χ0n) is 13.0. The van der Waals surface area contributed by atoms with Crippen LogP contribution in [0.5, 0.6) is 0 Å². The number of aromatic nitrogens is 1. The lowest BCUT2D eigenvalue weighted by atomic mass is 10.1. The number of nitrogens with one attached hydrogen (secondary N) is 1. The monoisotopic (exact) mass is 308 g/mol. The topological polar surface area (TPSA) is 24.9 Å². The zero-order valence-corrected chi connectivity index (χ0v) is 13.8. The molecule has 1 heterocycles. The van der Waals surface area contributed by atoms with Crippen molar-refractivity contribution in [1.29, 1.82) is 0 Å². The molecule has 0 atom stereocenters. The van der Waals surface area contributed by atoms with Crippen LogP contribution in [0.1, 0.15) is 23.8 Å². The van der Waals surface area contributed by atoms with Gasteiger partial charge in [0.05, 0.1) is 5.69 Å². The van der Waals surface area contributed by atoms with E-state index in [9.17, 15) is 0 Å². The standard InChI is InChI=1S/C19H20N2S/c1-3-8-17-18(15-10-5-4-6-11-15)21-19(22-17)20-16-12-7-9-14(2)13-16/h4-7,9-13H,3,8H2,1-2H3,(H,20,21). The van der Waals surface area contributed by atoms with Gasteiger partial charge < -0.3 is 5.32 Å². The average Bonchev–Trinajstić information content (AvgIpc) is 2.91. The fraction of sp³-hybridized carbons (Fsp3) is 0.211. The first-order valence-electron chi connectivity index (χ1n) is 7.65. The largest absolute Gasteiger partial charge is 0.332 e. The van der Waals surface area contributed by atoms with Gasteiger partial charge in [0.25, 0.3) is 0 Å². The van der Waals surface area contributed by atoms with Gasteiger partial charge in [-0.15, -0.1) is 11.3 Å². The van der Waals surface area contributed by atoms with E-state index in [1.807, 2.05) is 6.07 Å². The Balaban J connectivity index is 1.93. The number of benzene rings is 2. The lowest BCUT2D eigenvalue weighted by Gasteiger charge is -2.02. The molecule has 1 aromatic heterocycles. The van der Waals surface area contributed by atoms with Crippen molar-refractivity contribution in [2.45, 2.75) is 26.7 Å². The summed E-state index contributed by atoms with van der Waals surface area (Å²) in [5.41, 5.74) is 4.65. The minimum absolute atomic E-state index is 0.966. The number of hydrogen-bond acceptors (Lipinski definition) is 3. The number of hydrogen-bond donors (Lipinski definition) is 1. The molecule has 0 fully saturated rings. The predicted octanol–water partition coefficient (Wildman–Crippen LogP) is 5.81. The van der Waals surface area contributed by atoms with Gasteiger partial charge in [-0.3, -0.25) is 0 Å². The molecule has 3 rings (SSSR count). The number of rotatable bonds is 5. The van der Waals surface area contributed by atoms with Crippen LogP contribution in [0.3, 0.4) is 0 Å². The summed E-state index contributed by atoms with van der Waals surface area (Å²) < 4.78 is 0. The first-order chi connectivity index (χ1) is 10.8. The lowest BCUT2D eigenvalue weighted by molar-refractivity contribution is 0.938. The average molecular weight is 308 g/mol. The van der Waals surface area contributed by atoms with Crippen LogP contribution in [0.25, 0.3) is 11.3 Å². The first kappa shape index (κ1) is 14.8. The summed E-state index contributed by atoms with van der Waals surface area (Å²) in [4.78, 5) is 6.18. The van der Waals surface area contributed by atoms with Gasteiger partial charge in [-0.2, -0.15) is 0 Å². The van der Waals surface area contributed by atoms with E-state index in [0.717, 1.165) is 29.4 Å². The Kier molecular flexibility index (Phi) is 4.54. The predicted molar refractivity (Wildman–Crippen MR) is 96.0 cm³/mol. The molecule has 2 aromatic carbocycles. The fourth-order valence-electron chi connectivity index (χ4n) is 2.47. The van der Waals surface area contributed by atoms with Crippen molar-refractivity contribution in [3.05, 3.63) is 65.0 Å². The van der Waals surface area contributed by atoms with Crippen molar-refractivity contribution in [3.63, 3.8) is 0 Å². The summed E-state index contributed by atoms with van der Waals surface area (Å²) in [5.74, 6) is 0. The van der Waals surface area contributed by atoms with Gasteiger partial charge in [-0.25, -0.2) is 4.98 Å². The molecule has 3 aromatic rings. The number of thiazole rings is 1. The molecule has 0 amide bonds. The van der Waals surface area contributed by atoms with Crippen molar-refractivity contribution in [2.75, 3.05) is 5.32 Å². The molecule has 0 unspecified atom stereocenters. The Morgan fingerprint density at radius 2 is 1.86 bits per heavy atom. The Morgan fingerprint density at radius 3 is 2.59 bits per heavy atom. The van der Waals surface area contributed by atoms with E-state index in [0.29, 0.717) is 0 Å². The van der Waals surface area contributed by atoms with Crippen LogP contribution in [0.4, 0.5) is 10.8 Å². The fourth-order valence-corrected chi connectivity index (χ4v) is 3.58. The van der Waals surface area contributed by atoms with E-state index < -0.39 is 0 Å². The van der Waals surface area contributed by atoms with Crippen LogP contribution in [-0.2, 0) is 6.42 Å². The van der Waals surface area contributed by atoms with Crippen molar-refractivity contribution in [1.82, 2.24) is 4.98 Å². The molecule has 2 nitrogen and oxygen atoms in total. The summed E-state index contributed by atoms with van der Waals surface area (Å²) in [6.07, 6.45) is 2.20. The highest BCUT2D eigenvalue weighted by molar-refractivity contribution is 7.16. The normalized spacial score (nSPS) is 10.6. The van der Waals surface area contributed by atoms with Crippen LogP contribution in [0, 0.1) is 6.92 Å². The smallest absolute Gasteiger partial charge is 0.187 e. The Bertz CT molecular complexity index is 747. The molecule has 1 N–H and O–H groups in total. The zero-order chi connectivity index (χ0) is 15.4. The van der Waals surface area contributed by atoms with Gasteiger partial charge in [0.2, 0.25) is 0 Å². The maximum Gasteiger partial charge on any atom is 0.187 e. The van der Waals surface area contributed by atoms with Gasteiger partial charge >= 0.3 is 0 Å². The van der Waals surface area contributed by atoms with Crippen molar-refractivity contribution in [2.24, 2.45) is 0 Å². The second kappa shape index (κ2) is 6.75. The molecular formula is C19H20N2S. The molecule has 0 saturated heterocycles. The van der Waals surface area contributed by atoms with E-state index in [2.05, 4.69) is 67.7 Å². The van der Waals surface area contributed by atoms with Gasteiger partial charge in [-0.05, 0) is 31.0 Å². The highest BCUT2D eigenvalue weighted by Gasteiger charge is 2.12. The quantitative estimate of drug-likeness (QED) is 0.643. The molecule has 0 aliphatic heterocycles. The first-order valence-corrected chi connectivity index (χ1v) is 8.46. The Hall–Kier alpha value is -2.13. The summed E-state index contributed by atoms with van der Waals surface area (Å²) >= 11 is 1.76. The third-order valence-electron chi connectivity index (χ3n) is 3.49. The summed E-state index contributed by atoms with van der Waals surface area (Å²) in [6.45, 7) is 4.31. The van der Waals surface area contributed by atoms with Crippen LogP contribution in [0.15, 0.2) is 54.6 Å². The van der Waals surface area contributed by atoms with Crippen LogP contribution >= 0.6 is 11.3 Å². The second-order valence-electron chi connectivity index (χ2n) is 5.40. The maximum atomic E-state index is 4.83. The van der Waals surface area contributed by atoms with Gasteiger partial charge in [0.15, 0.2) is 5.13 Å². The van der Waals surface area contributed by atoms with Crippen molar-refractivity contribution >= 4 is 22.2 Å². The van der Waals surface area contributed by atoms with Gasteiger partial charge in [-0.1, -0.05) is 55.8 Å². The molecule has 0 spiro atoms. The SMILES string of the molecule is CCCc1sc(Nc2cccc(C)c2)nc1-c1ccccc1. The second-order valence-corrected chi connectivity index (χ2v) is 6.48. The molecule has 0 aliphatic rings. The van der Waals surface area contributed by atoms with Crippen LogP contribution < -0.4 is 5.32 Å². The number of anilines is 2. The van der Waals surface area contributed by atoms with E-state index in [-0.39, 0.29) is 0 Å². The number of nitrogens with zero attached hydrogens (tertiary/aromatic N) is 1. The lowest BCUT2D eigenvalue weighted by Crippen LogP contribution is -1.90. The molecule has 0 bridgehead atoms. The minimum Gasteiger partial charge on any atom is -0.332 e. The molecule has 3 heteroatoms. The Labute approximate surface area is 135 Å². The molecule has 0 saturated carbocycles. The molecular weight excluding hydrogens is 288 g/mol. The molecule has 112 valence electrons. The summed E-state index contributed by atoms with van der Waals surface area (Å²) in [5, 5.41) is 4.41. The molecule has 0 radical (unpaired) electrons. The van der Waals surface area contributed by atoms with Gasteiger partial charge in [0, 0.05) is 16.1 Å². The molecule has 22 heavy (non-hydrogen) atoms. The van der Waals surface area contributed by atoms with Crippen molar-refractivity contribution < 1.29 is 0 Å². The van der Waals surface area contributed by atoms with E-state index >= 15 is 0 Å². The summed E-state index contributed by atoms with van der Waals surface area (Å²) in [7, 11) is 0. The summed E-state index contributed by atoms with van der Waals surface area (Å²) in [6, 6.07) is 18.8. The van der Waals surface area contributed by atoms with Gasteiger partial charge in [0.1, 0.15) is 0 Å². The molecule has 0 aliphatic carbocycles. The number of aryl methyl sites for hydroxylation is 2. The minimum atomic E-state index is 0.966.